The fourth-order valence-electron chi connectivity index (χ4n) is 2.17. The Morgan fingerprint density at radius 2 is 2.05 bits per heavy atom. The van der Waals surface area contributed by atoms with E-state index in [0.29, 0.717) is 0 Å². The lowest BCUT2D eigenvalue weighted by Gasteiger charge is -2.22. The van der Waals surface area contributed by atoms with E-state index in [2.05, 4.69) is 0 Å². The van der Waals surface area contributed by atoms with Gasteiger partial charge in [-0.25, -0.2) is 4.39 Å². The minimum atomic E-state index is -1.36. The van der Waals surface area contributed by atoms with E-state index in [9.17, 15) is 14.3 Å². The minimum absolute atomic E-state index is 0.0713. The van der Waals surface area contributed by atoms with Gasteiger partial charge in [-0.2, -0.15) is 0 Å². The van der Waals surface area contributed by atoms with Crippen LogP contribution in [-0.4, -0.2) is 18.9 Å². The molecule has 4 nitrogen and oxygen atoms in total. The van der Waals surface area contributed by atoms with E-state index in [-0.39, 0.29) is 24.2 Å². The molecule has 0 bridgehead atoms. The number of benzene rings is 1. The van der Waals surface area contributed by atoms with Gasteiger partial charge in [0.05, 0.1) is 12.1 Å². The lowest BCUT2D eigenvalue weighted by molar-refractivity contribution is -0.255. The molecule has 0 unspecified atom stereocenters. The van der Waals surface area contributed by atoms with Crippen LogP contribution in [0.5, 0.6) is 5.75 Å². The van der Waals surface area contributed by atoms with Crippen molar-refractivity contribution in [1.29, 1.82) is 0 Å². The van der Waals surface area contributed by atoms with Crippen molar-refractivity contribution >= 4 is 5.97 Å². The molecule has 0 aliphatic heterocycles. The highest BCUT2D eigenvalue weighted by atomic mass is 19.1. The predicted octanol–water partition coefficient (Wildman–Crippen LogP) is 1.87. The first-order valence-electron chi connectivity index (χ1n) is 6.42. The molecule has 0 saturated heterocycles. The van der Waals surface area contributed by atoms with Gasteiger partial charge in [0, 0.05) is 5.56 Å². The van der Waals surface area contributed by atoms with Gasteiger partial charge in [-0.3, -0.25) is 0 Å². The van der Waals surface area contributed by atoms with Gasteiger partial charge in [0.2, 0.25) is 0 Å². The van der Waals surface area contributed by atoms with Crippen LogP contribution in [0.2, 0.25) is 0 Å². The second-order valence-corrected chi connectivity index (χ2v) is 4.62. The van der Waals surface area contributed by atoms with Crippen molar-refractivity contribution in [1.82, 2.24) is 0 Å². The summed E-state index contributed by atoms with van der Waals surface area (Å²) in [6.07, 6.45) is 5.64. The van der Waals surface area contributed by atoms with Crippen molar-refractivity contribution in [3.8, 4) is 5.75 Å². The Kier molecular flexibility index (Phi) is 4.74. The van der Waals surface area contributed by atoms with Crippen molar-refractivity contribution in [2.24, 2.45) is 0 Å². The van der Waals surface area contributed by atoms with Crippen LogP contribution in [0, 0.1) is 5.82 Å². The number of ether oxygens (including phenoxy) is 2. The topological polar surface area (TPSA) is 58.6 Å². The molecule has 104 valence electrons. The largest absolute Gasteiger partial charge is 0.545 e. The van der Waals surface area contributed by atoms with Crippen molar-refractivity contribution in [2.75, 3.05) is 6.79 Å². The number of hydrogen-bond donors (Lipinski definition) is 0. The molecule has 1 fully saturated rings. The van der Waals surface area contributed by atoms with Crippen LogP contribution in [0.3, 0.4) is 0 Å². The van der Waals surface area contributed by atoms with Crippen molar-refractivity contribution in [3.63, 3.8) is 0 Å². The maximum absolute atomic E-state index is 13.4. The molecule has 2 rings (SSSR count). The summed E-state index contributed by atoms with van der Waals surface area (Å²) < 4.78 is 24.0. The molecule has 0 atom stereocenters. The van der Waals surface area contributed by atoms with Crippen LogP contribution in [0.1, 0.15) is 42.5 Å². The van der Waals surface area contributed by atoms with E-state index in [0.717, 1.165) is 43.9 Å². The molecule has 1 aliphatic rings. The fraction of sp³-hybridized carbons (Fsp3) is 0.500. The summed E-state index contributed by atoms with van der Waals surface area (Å²) in [5.41, 5.74) is -0.117. The van der Waals surface area contributed by atoms with Crippen molar-refractivity contribution in [3.05, 3.63) is 29.6 Å². The summed E-state index contributed by atoms with van der Waals surface area (Å²) in [5, 5.41) is 10.7. The van der Waals surface area contributed by atoms with E-state index in [1.165, 1.54) is 6.42 Å². The van der Waals surface area contributed by atoms with Crippen LogP contribution in [-0.2, 0) is 4.74 Å². The van der Waals surface area contributed by atoms with Gasteiger partial charge in [0.15, 0.2) is 18.4 Å². The molecule has 1 saturated carbocycles. The Balaban J connectivity index is 1.87. The first kappa shape index (κ1) is 13.8. The van der Waals surface area contributed by atoms with Gasteiger partial charge in [0.1, 0.15) is 0 Å². The number of carboxylic acid groups (broad SMARTS) is 1. The van der Waals surface area contributed by atoms with Gasteiger partial charge in [0.25, 0.3) is 0 Å². The highest BCUT2D eigenvalue weighted by Crippen LogP contribution is 2.22. The molecule has 0 amide bonds. The number of carbonyl (C=O) groups is 1. The van der Waals surface area contributed by atoms with E-state index < -0.39 is 11.8 Å². The molecule has 1 aromatic rings. The summed E-state index contributed by atoms with van der Waals surface area (Å²) in [7, 11) is 0. The van der Waals surface area contributed by atoms with Crippen molar-refractivity contribution in [2.45, 2.75) is 38.2 Å². The first-order chi connectivity index (χ1) is 9.16. The van der Waals surface area contributed by atoms with E-state index in [1.54, 1.807) is 0 Å². The number of carbonyl (C=O) groups excluding carboxylic acids is 1. The Morgan fingerprint density at radius 3 is 2.74 bits per heavy atom. The number of rotatable bonds is 5. The summed E-state index contributed by atoms with van der Waals surface area (Å²) in [4.78, 5) is 10.7. The third-order valence-corrected chi connectivity index (χ3v) is 3.24. The van der Waals surface area contributed by atoms with E-state index in [1.807, 2.05) is 0 Å². The molecule has 0 heterocycles. The molecule has 0 N–H and O–H groups in total. The molecule has 19 heavy (non-hydrogen) atoms. The molecule has 0 radical (unpaired) electrons. The van der Waals surface area contributed by atoms with Crippen LogP contribution in [0.4, 0.5) is 4.39 Å². The highest BCUT2D eigenvalue weighted by molar-refractivity contribution is 5.86. The Bertz CT molecular complexity index is 441. The average molecular weight is 267 g/mol. The quantitative estimate of drug-likeness (QED) is 0.764. The zero-order valence-electron chi connectivity index (χ0n) is 10.6. The molecule has 0 spiro atoms. The maximum atomic E-state index is 13.4. The molecule has 1 aromatic carbocycles. The fourth-order valence-corrected chi connectivity index (χ4v) is 2.17. The molecule has 1 aliphatic carbocycles. The number of carboxylic acids is 1. The molecular weight excluding hydrogens is 251 g/mol. The zero-order chi connectivity index (χ0) is 13.7. The third kappa shape index (κ3) is 3.92. The normalized spacial score (nSPS) is 16.3. The SMILES string of the molecule is O=C([O-])c1ccc(F)c(OCOC2CCCCC2)c1. The van der Waals surface area contributed by atoms with Crippen LogP contribution < -0.4 is 9.84 Å². The Morgan fingerprint density at radius 1 is 1.32 bits per heavy atom. The smallest absolute Gasteiger partial charge is 0.189 e. The number of aromatic carboxylic acids is 1. The lowest BCUT2D eigenvalue weighted by atomic mass is 9.98. The van der Waals surface area contributed by atoms with Gasteiger partial charge >= 0.3 is 0 Å². The van der Waals surface area contributed by atoms with E-state index in [4.69, 9.17) is 9.47 Å². The van der Waals surface area contributed by atoms with Gasteiger partial charge in [-0.1, -0.05) is 19.3 Å². The standard InChI is InChI=1S/C14H17FO4/c15-12-7-6-10(14(16)17)8-13(12)19-9-18-11-4-2-1-3-5-11/h6-8,11H,1-5,9H2,(H,16,17)/p-1. The minimum Gasteiger partial charge on any atom is -0.545 e. The van der Waals surface area contributed by atoms with Gasteiger partial charge < -0.3 is 19.4 Å². The van der Waals surface area contributed by atoms with Crippen LogP contribution in [0.25, 0.3) is 0 Å². The molecule has 0 aromatic heterocycles. The molecule has 5 heteroatoms. The second kappa shape index (κ2) is 6.52. The predicted molar refractivity (Wildman–Crippen MR) is 64.2 cm³/mol. The summed E-state index contributed by atoms with van der Waals surface area (Å²) >= 11 is 0. The zero-order valence-corrected chi connectivity index (χ0v) is 10.6. The Hall–Kier alpha value is -1.62. The third-order valence-electron chi connectivity index (χ3n) is 3.24. The summed E-state index contributed by atoms with van der Waals surface area (Å²) in [6, 6.07) is 3.29. The Labute approximate surface area is 111 Å². The highest BCUT2D eigenvalue weighted by Gasteiger charge is 2.14. The van der Waals surface area contributed by atoms with E-state index >= 15 is 0 Å². The first-order valence-corrected chi connectivity index (χ1v) is 6.42. The average Bonchev–Trinajstić information content (AvgIpc) is 2.42. The maximum Gasteiger partial charge on any atom is 0.189 e. The van der Waals surface area contributed by atoms with Crippen LogP contribution in [0.15, 0.2) is 18.2 Å². The van der Waals surface area contributed by atoms with Gasteiger partial charge in [-0.15, -0.1) is 0 Å². The number of halogens is 1. The monoisotopic (exact) mass is 267 g/mol. The second-order valence-electron chi connectivity index (χ2n) is 4.62. The van der Waals surface area contributed by atoms with Crippen molar-refractivity contribution < 1.29 is 23.8 Å². The van der Waals surface area contributed by atoms with Gasteiger partial charge in [-0.05, 0) is 31.0 Å². The molecular formula is C14H16FO4-. The summed E-state index contributed by atoms with van der Waals surface area (Å²) in [6.45, 7) is -0.0713. The number of hydrogen-bond acceptors (Lipinski definition) is 4. The lowest BCUT2D eigenvalue weighted by Crippen LogP contribution is -2.22. The summed E-state index contributed by atoms with van der Waals surface area (Å²) in [5.74, 6) is -2.10. The van der Waals surface area contributed by atoms with Crippen LogP contribution >= 0.6 is 0 Å².